The van der Waals surface area contributed by atoms with Gasteiger partial charge in [0.2, 0.25) is 0 Å². The van der Waals surface area contributed by atoms with E-state index in [0.717, 1.165) is 33.5 Å². The first-order valence-corrected chi connectivity index (χ1v) is 6.61. The van der Waals surface area contributed by atoms with Gasteiger partial charge >= 0.3 is 0 Å². The van der Waals surface area contributed by atoms with Crippen LogP contribution < -0.4 is 10.5 Å². The molecule has 0 unspecified atom stereocenters. The number of hydrogen-bond acceptors (Lipinski definition) is 4. The second-order valence-corrected chi connectivity index (χ2v) is 4.93. The Kier molecular flexibility index (Phi) is 3.81. The smallest absolute Gasteiger partial charge is 0.132 e. The van der Waals surface area contributed by atoms with E-state index in [1.54, 1.807) is 18.9 Å². The molecule has 1 aromatic carbocycles. The molecule has 0 aliphatic carbocycles. The summed E-state index contributed by atoms with van der Waals surface area (Å²) in [5.41, 5.74) is 7.81. The van der Waals surface area contributed by atoms with Gasteiger partial charge < -0.3 is 10.5 Å². The largest absolute Gasteiger partial charge is 0.496 e. The highest BCUT2D eigenvalue weighted by molar-refractivity contribution is 7.99. The summed E-state index contributed by atoms with van der Waals surface area (Å²) in [5.74, 6) is 0.848. The summed E-state index contributed by atoms with van der Waals surface area (Å²) in [6, 6.07) is 7.89. The fraction of sp³-hybridized carbons (Fsp3) is 0.308. The lowest BCUT2D eigenvalue weighted by Gasteiger charge is -2.08. The van der Waals surface area contributed by atoms with Gasteiger partial charge in [0.25, 0.3) is 0 Å². The summed E-state index contributed by atoms with van der Waals surface area (Å²) in [6.07, 6.45) is 0.839. The van der Waals surface area contributed by atoms with Crippen molar-refractivity contribution in [2.45, 2.75) is 23.3 Å². The SMILES string of the molecule is CCc1nn(C)c(Sc2ccccc2OC)c1N. The molecule has 1 aromatic heterocycles. The lowest BCUT2D eigenvalue weighted by Crippen LogP contribution is -1.94. The van der Waals surface area contributed by atoms with E-state index in [9.17, 15) is 0 Å². The van der Waals surface area contributed by atoms with Crippen molar-refractivity contribution in [3.05, 3.63) is 30.0 Å². The average molecular weight is 263 g/mol. The number of benzene rings is 1. The van der Waals surface area contributed by atoms with Gasteiger partial charge in [0.15, 0.2) is 0 Å². The van der Waals surface area contributed by atoms with E-state index in [-0.39, 0.29) is 0 Å². The van der Waals surface area contributed by atoms with Gasteiger partial charge in [0.1, 0.15) is 10.8 Å². The van der Waals surface area contributed by atoms with Crippen LogP contribution in [0.3, 0.4) is 0 Å². The Balaban J connectivity index is 2.37. The monoisotopic (exact) mass is 263 g/mol. The third-order valence-electron chi connectivity index (χ3n) is 2.72. The Morgan fingerprint density at radius 2 is 2.11 bits per heavy atom. The van der Waals surface area contributed by atoms with Crippen molar-refractivity contribution in [3.63, 3.8) is 0 Å². The first kappa shape index (κ1) is 12.8. The molecule has 0 radical (unpaired) electrons. The molecule has 4 nitrogen and oxygen atoms in total. The number of ether oxygens (including phenoxy) is 1. The second-order valence-electron chi connectivity index (χ2n) is 3.90. The molecule has 0 fully saturated rings. The fourth-order valence-corrected chi connectivity index (χ4v) is 2.78. The van der Waals surface area contributed by atoms with Crippen molar-refractivity contribution in [2.75, 3.05) is 12.8 Å². The zero-order chi connectivity index (χ0) is 13.1. The molecule has 0 aliphatic rings. The predicted molar refractivity (Wildman–Crippen MR) is 74.1 cm³/mol. The van der Waals surface area contributed by atoms with Crippen LogP contribution in [0.2, 0.25) is 0 Å². The first-order valence-electron chi connectivity index (χ1n) is 5.79. The standard InChI is InChI=1S/C13H17N3OS/c1-4-9-12(14)13(16(2)15-9)18-11-8-6-5-7-10(11)17-3/h5-8H,4,14H2,1-3H3. The molecule has 2 N–H and O–H groups in total. The third kappa shape index (κ3) is 2.31. The van der Waals surface area contributed by atoms with Crippen molar-refractivity contribution in [1.29, 1.82) is 0 Å². The summed E-state index contributed by atoms with van der Waals surface area (Å²) < 4.78 is 7.16. The molecule has 0 bridgehead atoms. The number of nitrogen functional groups attached to an aromatic ring is 1. The quantitative estimate of drug-likeness (QED) is 0.921. The fourth-order valence-electron chi connectivity index (χ4n) is 1.77. The number of aromatic nitrogens is 2. The van der Waals surface area contributed by atoms with Crippen molar-refractivity contribution >= 4 is 17.4 Å². The molecule has 1 heterocycles. The lowest BCUT2D eigenvalue weighted by atomic mass is 10.3. The highest BCUT2D eigenvalue weighted by Gasteiger charge is 2.14. The van der Waals surface area contributed by atoms with E-state index in [0.29, 0.717) is 0 Å². The van der Waals surface area contributed by atoms with Crippen molar-refractivity contribution < 1.29 is 4.74 Å². The van der Waals surface area contributed by atoms with Crippen LogP contribution in [0.25, 0.3) is 0 Å². The number of nitrogens with two attached hydrogens (primary N) is 1. The average Bonchev–Trinajstić information content (AvgIpc) is 2.66. The minimum Gasteiger partial charge on any atom is -0.496 e. The molecule has 0 saturated carbocycles. The van der Waals surface area contributed by atoms with Gasteiger partial charge in [-0.2, -0.15) is 5.10 Å². The zero-order valence-corrected chi connectivity index (χ0v) is 11.6. The van der Waals surface area contributed by atoms with E-state index in [4.69, 9.17) is 10.5 Å². The number of aryl methyl sites for hydroxylation is 2. The van der Waals surface area contributed by atoms with Gasteiger partial charge in [0, 0.05) is 7.05 Å². The summed E-state index contributed by atoms with van der Waals surface area (Å²) in [7, 11) is 3.58. The molecule has 0 spiro atoms. The van der Waals surface area contributed by atoms with Crippen LogP contribution in [0.4, 0.5) is 5.69 Å². The molecular weight excluding hydrogens is 246 g/mol. The zero-order valence-electron chi connectivity index (χ0n) is 10.8. The molecule has 96 valence electrons. The third-order valence-corrected chi connectivity index (χ3v) is 3.95. The van der Waals surface area contributed by atoms with Gasteiger partial charge in [0.05, 0.1) is 23.4 Å². The van der Waals surface area contributed by atoms with Crippen molar-refractivity contribution in [1.82, 2.24) is 9.78 Å². The Bertz CT molecular complexity index is 551. The summed E-state index contributed by atoms with van der Waals surface area (Å²) >= 11 is 1.58. The van der Waals surface area contributed by atoms with Gasteiger partial charge in [-0.1, -0.05) is 30.8 Å². The molecule has 2 rings (SSSR count). The first-order chi connectivity index (χ1) is 8.67. The Hall–Kier alpha value is -1.62. The topological polar surface area (TPSA) is 53.1 Å². The number of nitrogens with zero attached hydrogens (tertiary/aromatic N) is 2. The molecule has 0 aliphatic heterocycles. The van der Waals surface area contributed by atoms with Crippen LogP contribution in [0.5, 0.6) is 5.75 Å². The Morgan fingerprint density at radius 1 is 1.39 bits per heavy atom. The number of methoxy groups -OCH3 is 1. The van der Waals surface area contributed by atoms with Crippen LogP contribution in [0.1, 0.15) is 12.6 Å². The number of anilines is 1. The van der Waals surface area contributed by atoms with E-state index >= 15 is 0 Å². The summed E-state index contributed by atoms with van der Waals surface area (Å²) in [5, 5.41) is 5.37. The molecule has 0 saturated heterocycles. The van der Waals surface area contributed by atoms with E-state index in [1.165, 1.54) is 0 Å². The molecular formula is C13H17N3OS. The summed E-state index contributed by atoms with van der Waals surface area (Å²) in [4.78, 5) is 1.04. The van der Waals surface area contributed by atoms with Crippen LogP contribution in [-0.4, -0.2) is 16.9 Å². The summed E-state index contributed by atoms with van der Waals surface area (Å²) in [6.45, 7) is 2.05. The molecule has 5 heteroatoms. The number of para-hydroxylation sites is 1. The second kappa shape index (κ2) is 5.35. The molecule has 0 amide bonds. The van der Waals surface area contributed by atoms with Crippen LogP contribution >= 0.6 is 11.8 Å². The minimum atomic E-state index is 0.760. The minimum absolute atomic E-state index is 0.760. The highest BCUT2D eigenvalue weighted by atomic mass is 32.2. The van der Waals surface area contributed by atoms with Crippen LogP contribution in [0, 0.1) is 0 Å². The predicted octanol–water partition coefficient (Wildman–Crippen LogP) is 2.72. The van der Waals surface area contributed by atoms with E-state index in [2.05, 4.69) is 12.0 Å². The maximum absolute atomic E-state index is 6.11. The van der Waals surface area contributed by atoms with E-state index < -0.39 is 0 Å². The molecule has 18 heavy (non-hydrogen) atoms. The van der Waals surface area contributed by atoms with E-state index in [1.807, 2.05) is 36.0 Å². The van der Waals surface area contributed by atoms with Crippen LogP contribution in [0.15, 0.2) is 34.2 Å². The Morgan fingerprint density at radius 3 is 2.72 bits per heavy atom. The normalized spacial score (nSPS) is 10.6. The molecule has 2 aromatic rings. The van der Waals surface area contributed by atoms with Crippen molar-refractivity contribution in [2.24, 2.45) is 7.05 Å². The maximum atomic E-state index is 6.11. The lowest BCUT2D eigenvalue weighted by molar-refractivity contribution is 0.405. The Labute approximate surface area is 111 Å². The maximum Gasteiger partial charge on any atom is 0.132 e. The molecule has 0 atom stereocenters. The van der Waals surface area contributed by atoms with Gasteiger partial charge in [-0.3, -0.25) is 4.68 Å². The van der Waals surface area contributed by atoms with Crippen molar-refractivity contribution in [3.8, 4) is 5.75 Å². The van der Waals surface area contributed by atoms with Gasteiger partial charge in [-0.15, -0.1) is 0 Å². The number of hydrogen-bond donors (Lipinski definition) is 1. The number of rotatable bonds is 4. The highest BCUT2D eigenvalue weighted by Crippen LogP contribution is 2.38. The van der Waals surface area contributed by atoms with Gasteiger partial charge in [-0.05, 0) is 18.6 Å². The van der Waals surface area contributed by atoms with Gasteiger partial charge in [-0.25, -0.2) is 0 Å². The van der Waals surface area contributed by atoms with Crippen LogP contribution in [-0.2, 0) is 13.5 Å².